The number of nitriles is 1. The smallest absolute Gasteiger partial charge is 0.259 e. The maximum atomic E-state index is 12.8. The summed E-state index contributed by atoms with van der Waals surface area (Å²) in [4.78, 5) is 19.5. The van der Waals surface area contributed by atoms with E-state index in [-0.39, 0.29) is 5.91 Å². The van der Waals surface area contributed by atoms with E-state index in [2.05, 4.69) is 40.6 Å². The molecule has 0 spiro atoms. The molecule has 0 unspecified atom stereocenters. The first-order valence-corrected chi connectivity index (χ1v) is 10.1. The first-order chi connectivity index (χ1) is 13.7. The molecule has 0 aliphatic carbocycles. The Morgan fingerprint density at radius 1 is 1.11 bits per heavy atom. The van der Waals surface area contributed by atoms with E-state index < -0.39 is 0 Å². The Hall–Kier alpha value is -2.84. The molecule has 28 heavy (non-hydrogen) atoms. The fraction of sp³-hybridized carbons (Fsp3) is 0.391. The van der Waals surface area contributed by atoms with E-state index in [0.717, 1.165) is 67.6 Å². The van der Waals surface area contributed by atoms with Crippen LogP contribution in [0.2, 0.25) is 0 Å². The lowest BCUT2D eigenvalue weighted by Gasteiger charge is -2.25. The molecular formula is C23H26N4O. The first-order valence-electron chi connectivity index (χ1n) is 10.1. The summed E-state index contributed by atoms with van der Waals surface area (Å²) in [7, 11) is 0. The van der Waals surface area contributed by atoms with Crippen LogP contribution in [0.3, 0.4) is 0 Å². The second-order valence-electron chi connectivity index (χ2n) is 7.48. The maximum Gasteiger partial charge on any atom is 0.259 e. The zero-order valence-electron chi connectivity index (χ0n) is 16.2. The normalized spacial score (nSPS) is 17.0. The summed E-state index contributed by atoms with van der Waals surface area (Å²) in [5.74, 6) is 0.0668. The van der Waals surface area contributed by atoms with Crippen molar-refractivity contribution in [2.45, 2.75) is 19.3 Å². The van der Waals surface area contributed by atoms with Crippen LogP contribution in [-0.4, -0.2) is 50.1 Å². The van der Waals surface area contributed by atoms with E-state index in [0.29, 0.717) is 13.0 Å². The number of carbonyl (C=O) groups is 1. The van der Waals surface area contributed by atoms with Crippen LogP contribution in [0.1, 0.15) is 29.6 Å². The SMILES string of the molecule is C=CCN1C(=O)c2cccc3c(N4CCCN(CCCC#N)CC4)ccc1c23. The summed E-state index contributed by atoms with van der Waals surface area (Å²) in [5.41, 5.74) is 3.00. The number of hydrogen-bond donors (Lipinski definition) is 0. The first kappa shape index (κ1) is 18.5. The highest BCUT2D eigenvalue weighted by molar-refractivity contribution is 6.26. The third-order valence-electron chi connectivity index (χ3n) is 5.77. The van der Waals surface area contributed by atoms with Crippen LogP contribution in [-0.2, 0) is 0 Å². The van der Waals surface area contributed by atoms with Crippen molar-refractivity contribution in [2.75, 3.05) is 49.1 Å². The van der Waals surface area contributed by atoms with Gasteiger partial charge in [0.05, 0.1) is 11.8 Å². The molecule has 5 nitrogen and oxygen atoms in total. The number of anilines is 2. The predicted octanol–water partition coefficient (Wildman–Crippen LogP) is 3.80. The monoisotopic (exact) mass is 374 g/mol. The molecule has 5 heteroatoms. The van der Waals surface area contributed by atoms with Crippen LogP contribution < -0.4 is 9.80 Å². The Morgan fingerprint density at radius 2 is 1.96 bits per heavy atom. The largest absolute Gasteiger partial charge is 0.370 e. The quantitative estimate of drug-likeness (QED) is 0.570. The van der Waals surface area contributed by atoms with Gasteiger partial charge < -0.3 is 14.7 Å². The number of unbranched alkanes of at least 4 members (excludes halogenated alkanes) is 1. The van der Waals surface area contributed by atoms with Crippen molar-refractivity contribution in [3.05, 3.63) is 48.6 Å². The van der Waals surface area contributed by atoms with Gasteiger partial charge in [-0.15, -0.1) is 6.58 Å². The summed E-state index contributed by atoms with van der Waals surface area (Å²) < 4.78 is 0. The van der Waals surface area contributed by atoms with Crippen LogP contribution >= 0.6 is 0 Å². The van der Waals surface area contributed by atoms with E-state index >= 15 is 0 Å². The van der Waals surface area contributed by atoms with Crippen molar-refractivity contribution in [3.63, 3.8) is 0 Å². The third-order valence-corrected chi connectivity index (χ3v) is 5.77. The van der Waals surface area contributed by atoms with Gasteiger partial charge in [-0.3, -0.25) is 4.79 Å². The summed E-state index contributed by atoms with van der Waals surface area (Å²) >= 11 is 0. The third kappa shape index (κ3) is 3.25. The summed E-state index contributed by atoms with van der Waals surface area (Å²) in [6.07, 6.45) is 4.46. The minimum atomic E-state index is 0.0668. The molecule has 2 aromatic rings. The number of hydrogen-bond acceptors (Lipinski definition) is 4. The highest BCUT2D eigenvalue weighted by atomic mass is 16.2. The van der Waals surface area contributed by atoms with E-state index in [1.165, 1.54) is 5.69 Å². The zero-order chi connectivity index (χ0) is 19.5. The van der Waals surface area contributed by atoms with Gasteiger partial charge in [0, 0.05) is 54.6 Å². The van der Waals surface area contributed by atoms with Crippen molar-refractivity contribution in [1.29, 1.82) is 5.26 Å². The minimum absolute atomic E-state index is 0.0668. The minimum Gasteiger partial charge on any atom is -0.370 e. The van der Waals surface area contributed by atoms with Crippen LogP contribution in [0.4, 0.5) is 11.4 Å². The molecule has 0 atom stereocenters. The lowest BCUT2D eigenvalue weighted by Crippen LogP contribution is -2.31. The lowest BCUT2D eigenvalue weighted by atomic mass is 10.0. The van der Waals surface area contributed by atoms with Gasteiger partial charge in [0.1, 0.15) is 0 Å². The summed E-state index contributed by atoms with van der Waals surface area (Å²) in [6.45, 7) is 9.39. The second kappa shape index (κ2) is 8.04. The predicted molar refractivity (Wildman–Crippen MR) is 114 cm³/mol. The van der Waals surface area contributed by atoms with Gasteiger partial charge in [-0.1, -0.05) is 18.2 Å². The van der Waals surface area contributed by atoms with Crippen molar-refractivity contribution >= 4 is 28.1 Å². The number of benzene rings is 2. The van der Waals surface area contributed by atoms with Crippen molar-refractivity contribution < 1.29 is 4.79 Å². The number of nitrogens with zero attached hydrogens (tertiary/aromatic N) is 4. The fourth-order valence-corrected chi connectivity index (χ4v) is 4.43. The topological polar surface area (TPSA) is 50.6 Å². The van der Waals surface area contributed by atoms with Gasteiger partial charge in [-0.05, 0) is 44.1 Å². The molecule has 0 radical (unpaired) electrons. The summed E-state index contributed by atoms with van der Waals surface area (Å²) in [5, 5.41) is 11.0. The van der Waals surface area contributed by atoms with E-state index in [1.54, 1.807) is 6.08 Å². The molecule has 0 aromatic heterocycles. The molecule has 2 aromatic carbocycles. The molecule has 4 rings (SSSR count). The highest BCUT2D eigenvalue weighted by Crippen LogP contribution is 2.41. The number of amides is 1. The van der Waals surface area contributed by atoms with Crippen LogP contribution in [0.25, 0.3) is 10.8 Å². The molecule has 1 amide bonds. The van der Waals surface area contributed by atoms with Gasteiger partial charge in [0.25, 0.3) is 5.91 Å². The lowest BCUT2D eigenvalue weighted by molar-refractivity contribution is 0.0996. The van der Waals surface area contributed by atoms with Crippen molar-refractivity contribution in [1.82, 2.24) is 4.90 Å². The Morgan fingerprint density at radius 3 is 2.79 bits per heavy atom. The Bertz CT molecular complexity index is 946. The molecule has 2 aliphatic heterocycles. The van der Waals surface area contributed by atoms with Crippen LogP contribution in [0.15, 0.2) is 43.0 Å². The fourth-order valence-electron chi connectivity index (χ4n) is 4.43. The Labute approximate surface area is 166 Å². The molecule has 0 N–H and O–H groups in total. The molecule has 1 saturated heterocycles. The molecule has 1 fully saturated rings. The maximum absolute atomic E-state index is 12.8. The molecule has 144 valence electrons. The van der Waals surface area contributed by atoms with Gasteiger partial charge in [0.2, 0.25) is 0 Å². The average molecular weight is 374 g/mol. The van der Waals surface area contributed by atoms with E-state index in [9.17, 15) is 4.79 Å². The van der Waals surface area contributed by atoms with Crippen LogP contribution in [0.5, 0.6) is 0 Å². The summed E-state index contributed by atoms with van der Waals surface area (Å²) in [6, 6.07) is 12.6. The zero-order valence-corrected chi connectivity index (χ0v) is 16.2. The molecular weight excluding hydrogens is 348 g/mol. The van der Waals surface area contributed by atoms with Gasteiger partial charge >= 0.3 is 0 Å². The average Bonchev–Trinajstić information content (AvgIpc) is 2.87. The van der Waals surface area contributed by atoms with E-state index in [1.807, 2.05) is 17.0 Å². The van der Waals surface area contributed by atoms with Crippen LogP contribution in [0, 0.1) is 11.3 Å². The highest BCUT2D eigenvalue weighted by Gasteiger charge is 2.30. The van der Waals surface area contributed by atoms with Gasteiger partial charge in [-0.2, -0.15) is 5.26 Å². The Balaban J connectivity index is 1.62. The molecule has 0 bridgehead atoms. The van der Waals surface area contributed by atoms with Crippen molar-refractivity contribution in [3.8, 4) is 6.07 Å². The number of rotatable bonds is 6. The Kier molecular flexibility index (Phi) is 5.31. The van der Waals surface area contributed by atoms with Crippen molar-refractivity contribution in [2.24, 2.45) is 0 Å². The molecule has 2 aliphatic rings. The number of carbonyl (C=O) groups excluding carboxylic acids is 1. The van der Waals surface area contributed by atoms with Gasteiger partial charge in [-0.25, -0.2) is 0 Å². The van der Waals surface area contributed by atoms with E-state index in [4.69, 9.17) is 5.26 Å². The standard InChI is InChI=1S/C23H26N4O/c1-2-12-27-21-10-9-20(18-7-5-8-19(22(18)21)23(27)28)26-15-6-14-25(16-17-26)13-4-3-11-24/h2,5,7-10H,1,3-4,6,12-17H2. The van der Waals surface area contributed by atoms with Gasteiger partial charge in [0.15, 0.2) is 0 Å². The second-order valence-corrected chi connectivity index (χ2v) is 7.48. The molecule has 0 saturated carbocycles. The molecule has 2 heterocycles.